The fourth-order valence-electron chi connectivity index (χ4n) is 2.58. The molecule has 2 N–H and O–H groups in total. The molecule has 1 aliphatic rings. The first kappa shape index (κ1) is 20.8. The predicted octanol–water partition coefficient (Wildman–Crippen LogP) is -2.03. The van der Waals surface area contributed by atoms with Crippen molar-refractivity contribution in [3.8, 4) is 0 Å². The third kappa shape index (κ3) is 6.29. The van der Waals surface area contributed by atoms with Crippen LogP contribution in [0.25, 0.3) is 0 Å². The van der Waals surface area contributed by atoms with Crippen molar-refractivity contribution in [3.63, 3.8) is 0 Å². The van der Waals surface area contributed by atoms with Gasteiger partial charge in [-0.15, -0.1) is 0 Å². The number of hydrogen-bond acceptors (Lipinski definition) is 4. The normalized spacial score (nSPS) is 16.0. The smallest absolute Gasteiger partial charge is 0.548 e. The molecule has 0 heterocycles. The van der Waals surface area contributed by atoms with Crippen molar-refractivity contribution in [2.45, 2.75) is 57.1 Å². The summed E-state index contributed by atoms with van der Waals surface area (Å²) < 4.78 is 0. The van der Waals surface area contributed by atoms with Crippen molar-refractivity contribution >= 4 is 11.9 Å². The predicted molar refractivity (Wildman–Crippen MR) is 80.2 cm³/mol. The maximum Gasteiger partial charge on any atom is 1.00 e. The number of carbonyl (C=O) groups is 2. The first-order chi connectivity index (χ1) is 10.3. The molecular formula is C17H22KNO4. The summed E-state index contributed by atoms with van der Waals surface area (Å²) in [5.41, 5.74) is 0.423. The van der Waals surface area contributed by atoms with Crippen LogP contribution in [0.5, 0.6) is 0 Å². The van der Waals surface area contributed by atoms with Crippen LogP contribution in [-0.4, -0.2) is 28.6 Å². The van der Waals surface area contributed by atoms with Gasteiger partial charge in [-0.05, 0) is 50.3 Å². The maximum atomic E-state index is 12.1. The molecule has 1 atom stereocenters. The molecule has 0 bridgehead atoms. The van der Waals surface area contributed by atoms with Crippen LogP contribution < -0.4 is 61.8 Å². The summed E-state index contributed by atoms with van der Waals surface area (Å²) >= 11 is 0. The summed E-state index contributed by atoms with van der Waals surface area (Å²) in [6.07, 6.45) is 3.51. The Kier molecular flexibility index (Phi) is 7.90. The van der Waals surface area contributed by atoms with Gasteiger partial charge < -0.3 is 20.3 Å². The quantitative estimate of drug-likeness (QED) is 0.583. The maximum absolute atomic E-state index is 12.1. The Morgan fingerprint density at radius 1 is 1.30 bits per heavy atom. The summed E-state index contributed by atoms with van der Waals surface area (Å²) in [4.78, 5) is 23.2. The summed E-state index contributed by atoms with van der Waals surface area (Å²) in [6.45, 7) is 2.98. The summed E-state index contributed by atoms with van der Waals surface area (Å²) in [7, 11) is 0. The van der Waals surface area contributed by atoms with Crippen molar-refractivity contribution in [1.29, 1.82) is 0 Å². The second-order valence-electron chi connectivity index (χ2n) is 6.61. The molecule has 0 aliphatic heterocycles. The van der Waals surface area contributed by atoms with Crippen LogP contribution in [0.2, 0.25) is 0 Å². The van der Waals surface area contributed by atoms with Crippen molar-refractivity contribution in [3.05, 3.63) is 35.4 Å². The molecule has 6 heteroatoms. The Morgan fingerprint density at radius 2 is 1.87 bits per heavy atom. The number of hydrogen-bond donors (Lipinski definition) is 2. The van der Waals surface area contributed by atoms with Gasteiger partial charge in [0.05, 0.1) is 17.6 Å². The minimum atomic E-state index is -1.40. The molecule has 1 aromatic carbocycles. The fraction of sp³-hybridized carbons (Fsp3) is 0.529. The fourth-order valence-corrected chi connectivity index (χ4v) is 2.58. The average molecular weight is 343 g/mol. The van der Waals surface area contributed by atoms with E-state index in [0.29, 0.717) is 11.5 Å². The first-order valence-corrected chi connectivity index (χ1v) is 7.60. The van der Waals surface area contributed by atoms with E-state index in [-0.39, 0.29) is 57.8 Å². The molecule has 1 saturated carbocycles. The Balaban J connectivity index is 0.00000264. The van der Waals surface area contributed by atoms with E-state index in [0.717, 1.165) is 0 Å². The molecular weight excluding hydrogens is 321 g/mol. The number of aliphatic hydroxyl groups is 1. The summed E-state index contributed by atoms with van der Waals surface area (Å²) in [5.74, 6) is -1.29. The average Bonchev–Trinajstić information content (AvgIpc) is 2.35. The van der Waals surface area contributed by atoms with Gasteiger partial charge in [-0.1, -0.05) is 18.6 Å². The zero-order chi connectivity index (χ0) is 16.3. The van der Waals surface area contributed by atoms with E-state index in [1.807, 2.05) is 12.1 Å². The van der Waals surface area contributed by atoms with Gasteiger partial charge in [0.2, 0.25) is 0 Å². The van der Waals surface area contributed by atoms with Gasteiger partial charge in [0.15, 0.2) is 0 Å². The Hall–Kier alpha value is -0.244. The largest absolute Gasteiger partial charge is 1.00 e. The molecule has 0 spiro atoms. The molecule has 5 nitrogen and oxygen atoms in total. The molecule has 0 radical (unpaired) electrons. The van der Waals surface area contributed by atoms with E-state index in [2.05, 4.69) is 5.32 Å². The molecule has 2 rings (SSSR count). The van der Waals surface area contributed by atoms with Gasteiger partial charge in [0.1, 0.15) is 0 Å². The summed E-state index contributed by atoms with van der Waals surface area (Å²) in [6, 6.07) is 6.03. The minimum absolute atomic E-state index is 0. The molecule has 23 heavy (non-hydrogen) atoms. The van der Waals surface area contributed by atoms with Crippen LogP contribution in [-0.2, 0) is 4.79 Å². The van der Waals surface area contributed by atoms with E-state index in [9.17, 15) is 19.8 Å². The number of rotatable bonds is 6. The van der Waals surface area contributed by atoms with Gasteiger partial charge in [-0.25, -0.2) is 0 Å². The Labute approximate surface area is 179 Å². The molecule has 120 valence electrons. The van der Waals surface area contributed by atoms with E-state index in [4.69, 9.17) is 0 Å². The van der Waals surface area contributed by atoms with Crippen LogP contribution in [0.4, 0.5) is 0 Å². The third-order valence-electron chi connectivity index (χ3n) is 4.04. The van der Waals surface area contributed by atoms with Crippen LogP contribution in [0, 0.1) is 0 Å². The van der Waals surface area contributed by atoms with Gasteiger partial charge in [0.25, 0.3) is 5.91 Å². The van der Waals surface area contributed by atoms with Crippen LogP contribution in [0.15, 0.2) is 24.3 Å². The van der Waals surface area contributed by atoms with Gasteiger partial charge in [-0.2, -0.15) is 0 Å². The zero-order valence-electron chi connectivity index (χ0n) is 14.0. The Morgan fingerprint density at radius 3 is 2.26 bits per heavy atom. The monoisotopic (exact) mass is 343 g/mol. The number of nitrogens with one attached hydrogen (secondary N) is 1. The molecule has 1 aliphatic carbocycles. The van der Waals surface area contributed by atoms with E-state index in [1.165, 1.54) is 38.7 Å². The number of carboxylic acid groups (broad SMARTS) is 1. The van der Waals surface area contributed by atoms with E-state index < -0.39 is 23.5 Å². The van der Waals surface area contributed by atoms with Crippen molar-refractivity contribution < 1.29 is 71.2 Å². The standard InChI is InChI=1S/C17H23NO4.K/c1-17(2,22)10-14(16(20)21)18-15(19)13-8-6-12(7-9-13)11-4-3-5-11;/h6-9,11,14,22H,3-5,10H2,1-2H3,(H,18,19)(H,20,21);/q;+1/p-1. The van der Waals surface area contributed by atoms with E-state index in [1.54, 1.807) is 12.1 Å². The first-order valence-electron chi connectivity index (χ1n) is 7.60. The van der Waals surface area contributed by atoms with Crippen molar-refractivity contribution in [2.75, 3.05) is 0 Å². The van der Waals surface area contributed by atoms with Crippen LogP contribution >= 0.6 is 0 Å². The van der Waals surface area contributed by atoms with Crippen LogP contribution in [0.1, 0.15) is 61.4 Å². The molecule has 0 saturated heterocycles. The molecule has 1 aromatic rings. The van der Waals surface area contributed by atoms with Gasteiger partial charge in [-0.3, -0.25) is 4.79 Å². The number of amides is 1. The topological polar surface area (TPSA) is 89.5 Å². The number of carboxylic acids is 1. The molecule has 1 unspecified atom stereocenters. The van der Waals surface area contributed by atoms with Crippen LogP contribution in [0.3, 0.4) is 0 Å². The number of benzene rings is 1. The van der Waals surface area contributed by atoms with Crippen molar-refractivity contribution in [1.82, 2.24) is 5.32 Å². The molecule has 1 amide bonds. The van der Waals surface area contributed by atoms with E-state index >= 15 is 0 Å². The van der Waals surface area contributed by atoms with Crippen molar-refractivity contribution in [2.24, 2.45) is 0 Å². The van der Waals surface area contributed by atoms with Gasteiger partial charge >= 0.3 is 51.4 Å². The third-order valence-corrected chi connectivity index (χ3v) is 4.04. The second kappa shape index (κ2) is 8.74. The molecule has 1 fully saturated rings. The minimum Gasteiger partial charge on any atom is -0.548 e. The SMILES string of the molecule is CC(C)(O)CC(NC(=O)c1ccc(C2CCC2)cc1)C(=O)[O-].[K+]. The van der Waals surface area contributed by atoms with Gasteiger partial charge in [0, 0.05) is 12.0 Å². The summed E-state index contributed by atoms with van der Waals surface area (Å²) in [5, 5.41) is 23.2. The second-order valence-corrected chi connectivity index (χ2v) is 6.61. The molecule has 0 aromatic heterocycles. The number of carbonyl (C=O) groups excluding carboxylic acids is 2. The zero-order valence-corrected chi connectivity index (χ0v) is 17.1. The Bertz CT molecular complexity index is 547. The number of aliphatic carboxylic acids is 1.